The molecular weight excluding hydrogens is 172 g/mol. The number of allylic oxidation sites excluding steroid dienone is 2. The van der Waals surface area contributed by atoms with Crippen molar-refractivity contribution in [2.24, 2.45) is 0 Å². The lowest BCUT2D eigenvalue weighted by atomic mass is 10.5. The van der Waals surface area contributed by atoms with Gasteiger partial charge in [0.2, 0.25) is 0 Å². The smallest absolute Gasteiger partial charge is 0.183 e. The minimum Gasteiger partial charge on any atom is -0.289 e. The summed E-state index contributed by atoms with van der Waals surface area (Å²) in [7, 11) is 0. The van der Waals surface area contributed by atoms with Gasteiger partial charge in [0.15, 0.2) is 10.9 Å². The van der Waals surface area contributed by atoms with Crippen LogP contribution in [0.4, 0.5) is 0 Å². The standard InChI is InChI=1S/C4H5ClN4O2/c5-3-1-2-4(7-6-3)8-9(10)11/h1-2,6-8H. The van der Waals surface area contributed by atoms with Crippen molar-refractivity contribution in [3.05, 3.63) is 33.2 Å². The summed E-state index contributed by atoms with van der Waals surface area (Å²) in [4.78, 5) is 9.88. The predicted octanol–water partition coefficient (Wildman–Crippen LogP) is -0.203. The average Bonchev–Trinajstić information content (AvgIpc) is 1.93. The second-order valence-electron chi connectivity index (χ2n) is 1.71. The third-order valence-electron chi connectivity index (χ3n) is 0.925. The van der Waals surface area contributed by atoms with Crippen LogP contribution in [-0.2, 0) is 0 Å². The maximum absolute atomic E-state index is 9.88. The fourth-order valence-electron chi connectivity index (χ4n) is 0.530. The monoisotopic (exact) mass is 176 g/mol. The van der Waals surface area contributed by atoms with Gasteiger partial charge >= 0.3 is 0 Å². The molecule has 0 fully saturated rings. The SMILES string of the molecule is O=[N+]([O-])NC1=CC=C(Cl)NN1. The molecule has 3 N–H and O–H groups in total. The van der Waals surface area contributed by atoms with E-state index in [1.807, 2.05) is 5.43 Å². The molecule has 0 atom stereocenters. The fourth-order valence-corrected chi connectivity index (χ4v) is 0.641. The molecule has 0 saturated carbocycles. The Morgan fingerprint density at radius 3 is 2.73 bits per heavy atom. The molecule has 0 aromatic carbocycles. The summed E-state index contributed by atoms with van der Waals surface area (Å²) in [6.45, 7) is 0. The van der Waals surface area contributed by atoms with Crippen LogP contribution in [0.2, 0.25) is 0 Å². The van der Waals surface area contributed by atoms with Crippen molar-refractivity contribution < 1.29 is 5.03 Å². The molecule has 1 aliphatic heterocycles. The lowest BCUT2D eigenvalue weighted by Crippen LogP contribution is -2.39. The molecule has 0 unspecified atom stereocenters. The van der Waals surface area contributed by atoms with Crippen molar-refractivity contribution in [3.8, 4) is 0 Å². The first kappa shape index (κ1) is 7.67. The first-order valence-electron chi connectivity index (χ1n) is 2.69. The molecule has 0 aliphatic carbocycles. The van der Waals surface area contributed by atoms with Crippen molar-refractivity contribution in [1.29, 1.82) is 0 Å². The molecule has 6 nitrogen and oxygen atoms in total. The summed E-state index contributed by atoms with van der Waals surface area (Å²) in [5.41, 5.74) is 6.85. The summed E-state index contributed by atoms with van der Waals surface area (Å²) < 4.78 is 0. The average molecular weight is 177 g/mol. The Balaban J connectivity index is 2.54. The van der Waals surface area contributed by atoms with E-state index in [0.717, 1.165) is 0 Å². The van der Waals surface area contributed by atoms with Crippen molar-refractivity contribution in [2.75, 3.05) is 0 Å². The Kier molecular flexibility index (Phi) is 2.17. The van der Waals surface area contributed by atoms with Gasteiger partial charge in [-0.2, -0.15) is 0 Å². The van der Waals surface area contributed by atoms with E-state index in [0.29, 0.717) is 5.16 Å². The highest BCUT2D eigenvalue weighted by molar-refractivity contribution is 6.29. The van der Waals surface area contributed by atoms with Gasteiger partial charge in [0.25, 0.3) is 0 Å². The largest absolute Gasteiger partial charge is 0.289 e. The third-order valence-corrected chi connectivity index (χ3v) is 1.15. The summed E-state index contributed by atoms with van der Waals surface area (Å²) in [5, 5.41) is 9.58. The van der Waals surface area contributed by atoms with Gasteiger partial charge in [0.1, 0.15) is 5.16 Å². The second-order valence-corrected chi connectivity index (χ2v) is 2.12. The van der Waals surface area contributed by atoms with Gasteiger partial charge in [0.05, 0.1) is 0 Å². The number of nitro groups is 1. The van der Waals surface area contributed by atoms with Crippen LogP contribution in [0, 0.1) is 10.1 Å². The van der Waals surface area contributed by atoms with E-state index in [2.05, 4.69) is 10.9 Å². The van der Waals surface area contributed by atoms with Gasteiger partial charge in [0, 0.05) is 0 Å². The van der Waals surface area contributed by atoms with Crippen molar-refractivity contribution in [3.63, 3.8) is 0 Å². The summed E-state index contributed by atoms with van der Waals surface area (Å²) >= 11 is 5.46. The third kappa shape index (κ3) is 2.34. The Morgan fingerprint density at radius 2 is 2.27 bits per heavy atom. The minimum atomic E-state index is -0.673. The molecule has 1 rings (SSSR count). The summed E-state index contributed by atoms with van der Waals surface area (Å²) in [5.74, 6) is 0.236. The Morgan fingerprint density at radius 1 is 1.55 bits per heavy atom. The molecule has 7 heteroatoms. The van der Waals surface area contributed by atoms with E-state index in [-0.39, 0.29) is 5.82 Å². The van der Waals surface area contributed by atoms with E-state index >= 15 is 0 Å². The highest BCUT2D eigenvalue weighted by atomic mass is 35.5. The lowest BCUT2D eigenvalue weighted by Gasteiger charge is -2.12. The predicted molar refractivity (Wildman–Crippen MR) is 38.4 cm³/mol. The van der Waals surface area contributed by atoms with Crippen LogP contribution in [0.3, 0.4) is 0 Å². The van der Waals surface area contributed by atoms with Crippen LogP contribution < -0.4 is 16.3 Å². The van der Waals surface area contributed by atoms with Crippen LogP contribution >= 0.6 is 11.6 Å². The number of hydrogen-bond acceptors (Lipinski definition) is 4. The van der Waals surface area contributed by atoms with Crippen LogP contribution in [-0.4, -0.2) is 5.03 Å². The maximum atomic E-state index is 9.88. The second kappa shape index (κ2) is 3.11. The van der Waals surface area contributed by atoms with Gasteiger partial charge in [-0.3, -0.25) is 10.9 Å². The zero-order chi connectivity index (χ0) is 8.27. The van der Waals surface area contributed by atoms with E-state index in [1.54, 1.807) is 0 Å². The Bertz CT molecular complexity index is 236. The van der Waals surface area contributed by atoms with Gasteiger partial charge in [-0.25, -0.2) is 10.1 Å². The van der Waals surface area contributed by atoms with Gasteiger partial charge < -0.3 is 0 Å². The molecular formula is C4H5ClN4O2. The van der Waals surface area contributed by atoms with Crippen LogP contribution in [0.1, 0.15) is 0 Å². The maximum Gasteiger partial charge on any atom is 0.183 e. The number of nitrogens with one attached hydrogen (secondary N) is 3. The number of rotatable bonds is 2. The van der Waals surface area contributed by atoms with E-state index in [4.69, 9.17) is 11.6 Å². The van der Waals surface area contributed by atoms with E-state index < -0.39 is 5.03 Å². The summed E-state index contributed by atoms with van der Waals surface area (Å²) in [6.07, 6.45) is 2.94. The molecule has 0 aromatic rings. The first-order valence-corrected chi connectivity index (χ1v) is 3.07. The molecule has 0 bridgehead atoms. The topological polar surface area (TPSA) is 79.2 Å². The normalized spacial score (nSPS) is 15.4. The molecule has 0 aromatic heterocycles. The van der Waals surface area contributed by atoms with E-state index in [1.165, 1.54) is 12.2 Å². The van der Waals surface area contributed by atoms with Crippen molar-refractivity contribution >= 4 is 11.6 Å². The molecule has 0 saturated heterocycles. The van der Waals surface area contributed by atoms with E-state index in [9.17, 15) is 10.1 Å². The van der Waals surface area contributed by atoms with Gasteiger partial charge in [-0.15, -0.1) is 0 Å². The molecule has 1 aliphatic rings. The van der Waals surface area contributed by atoms with Crippen molar-refractivity contribution in [1.82, 2.24) is 16.3 Å². The molecule has 1 heterocycles. The quantitative estimate of drug-likeness (QED) is 0.309. The zero-order valence-electron chi connectivity index (χ0n) is 5.30. The summed E-state index contributed by atoms with van der Waals surface area (Å²) in [6, 6.07) is 0. The molecule has 0 spiro atoms. The van der Waals surface area contributed by atoms with Crippen LogP contribution in [0.15, 0.2) is 23.1 Å². The lowest BCUT2D eigenvalue weighted by molar-refractivity contribution is -0.536. The van der Waals surface area contributed by atoms with Crippen molar-refractivity contribution in [2.45, 2.75) is 0 Å². The fraction of sp³-hybridized carbons (Fsp3) is 0. The molecule has 0 amide bonds. The zero-order valence-corrected chi connectivity index (χ0v) is 6.05. The van der Waals surface area contributed by atoms with Crippen LogP contribution in [0.5, 0.6) is 0 Å². The highest BCUT2D eigenvalue weighted by Crippen LogP contribution is 2.00. The molecule has 0 radical (unpaired) electrons. The first-order chi connectivity index (χ1) is 5.18. The molecule has 60 valence electrons. The number of halogens is 1. The Labute approximate surface area is 67.0 Å². The molecule has 11 heavy (non-hydrogen) atoms. The number of hydrazine groups is 2. The number of hydrogen-bond donors (Lipinski definition) is 3. The highest BCUT2D eigenvalue weighted by Gasteiger charge is 2.05. The van der Waals surface area contributed by atoms with Crippen LogP contribution in [0.25, 0.3) is 0 Å². The number of nitrogens with zero attached hydrogens (tertiary/aromatic N) is 1. The van der Waals surface area contributed by atoms with Gasteiger partial charge in [-0.05, 0) is 12.2 Å². The van der Waals surface area contributed by atoms with Gasteiger partial charge in [-0.1, -0.05) is 17.0 Å². The minimum absolute atomic E-state index is 0.236. The Hall–Kier alpha value is -1.43.